The van der Waals surface area contributed by atoms with Gasteiger partial charge >= 0.3 is 0 Å². The summed E-state index contributed by atoms with van der Waals surface area (Å²) in [5, 5.41) is 6.39. The maximum absolute atomic E-state index is 11.8. The Morgan fingerprint density at radius 1 is 1.33 bits per heavy atom. The molecule has 1 saturated heterocycles. The van der Waals surface area contributed by atoms with Gasteiger partial charge in [0.15, 0.2) is 0 Å². The second kappa shape index (κ2) is 6.50. The largest absolute Gasteiger partial charge is 0.379 e. The van der Waals surface area contributed by atoms with Crippen molar-refractivity contribution >= 4 is 5.91 Å². The van der Waals surface area contributed by atoms with Gasteiger partial charge in [-0.15, -0.1) is 0 Å². The smallest absolute Gasteiger partial charge is 0.237 e. The third-order valence-corrected chi connectivity index (χ3v) is 3.49. The summed E-state index contributed by atoms with van der Waals surface area (Å²) in [5.41, 5.74) is 0. The molecule has 18 heavy (non-hydrogen) atoms. The van der Waals surface area contributed by atoms with Crippen molar-refractivity contribution in [2.75, 3.05) is 32.8 Å². The Labute approximate surface area is 109 Å². The summed E-state index contributed by atoms with van der Waals surface area (Å²) >= 11 is 0. The van der Waals surface area contributed by atoms with E-state index in [9.17, 15) is 4.79 Å². The van der Waals surface area contributed by atoms with E-state index < -0.39 is 0 Å². The van der Waals surface area contributed by atoms with Crippen molar-refractivity contribution in [1.82, 2.24) is 15.5 Å². The molecule has 1 aliphatic heterocycles. The molecule has 1 heterocycles. The molecule has 0 bridgehead atoms. The van der Waals surface area contributed by atoms with Crippen molar-refractivity contribution in [3.8, 4) is 0 Å². The molecule has 2 fully saturated rings. The Morgan fingerprint density at radius 2 is 2.00 bits per heavy atom. The number of hydrogen-bond acceptors (Lipinski definition) is 4. The molecule has 0 aromatic rings. The molecule has 2 rings (SSSR count). The predicted molar refractivity (Wildman–Crippen MR) is 70.5 cm³/mol. The molecule has 5 nitrogen and oxygen atoms in total. The van der Waals surface area contributed by atoms with Crippen LogP contribution in [0.1, 0.15) is 26.7 Å². The van der Waals surface area contributed by atoms with Crippen LogP contribution in [0, 0.1) is 0 Å². The van der Waals surface area contributed by atoms with Crippen molar-refractivity contribution in [2.24, 2.45) is 0 Å². The van der Waals surface area contributed by atoms with E-state index in [2.05, 4.69) is 22.5 Å². The summed E-state index contributed by atoms with van der Waals surface area (Å²) in [5.74, 6) is 0.131. The number of hydrogen-bond donors (Lipinski definition) is 2. The highest BCUT2D eigenvalue weighted by Gasteiger charge is 2.26. The van der Waals surface area contributed by atoms with E-state index in [1.54, 1.807) is 0 Å². The van der Waals surface area contributed by atoms with Crippen molar-refractivity contribution < 1.29 is 9.53 Å². The maximum atomic E-state index is 11.8. The van der Waals surface area contributed by atoms with Crippen LogP contribution in [0.2, 0.25) is 0 Å². The number of nitrogens with one attached hydrogen (secondary N) is 2. The zero-order chi connectivity index (χ0) is 13.0. The van der Waals surface area contributed by atoms with Gasteiger partial charge in [-0.05, 0) is 26.7 Å². The van der Waals surface area contributed by atoms with Crippen LogP contribution in [0.25, 0.3) is 0 Å². The van der Waals surface area contributed by atoms with Gasteiger partial charge in [-0.3, -0.25) is 9.69 Å². The summed E-state index contributed by atoms with van der Waals surface area (Å²) in [6, 6.07) is 0.654. The Balaban J connectivity index is 1.65. The zero-order valence-corrected chi connectivity index (χ0v) is 11.4. The molecule has 0 radical (unpaired) electrons. The molecule has 1 amide bonds. The van der Waals surface area contributed by atoms with Crippen LogP contribution < -0.4 is 10.6 Å². The monoisotopic (exact) mass is 255 g/mol. The molecule has 2 atom stereocenters. The van der Waals surface area contributed by atoms with Crippen molar-refractivity contribution in [3.05, 3.63) is 0 Å². The number of carbonyl (C=O) groups is 1. The molecule has 2 N–H and O–H groups in total. The van der Waals surface area contributed by atoms with Crippen LogP contribution in [0.15, 0.2) is 0 Å². The number of morpholine rings is 1. The van der Waals surface area contributed by atoms with E-state index >= 15 is 0 Å². The second-order valence-corrected chi connectivity index (χ2v) is 5.49. The molecule has 1 aliphatic carbocycles. The number of rotatable bonds is 6. The van der Waals surface area contributed by atoms with E-state index in [1.807, 2.05) is 6.92 Å². The van der Waals surface area contributed by atoms with Gasteiger partial charge in [0, 0.05) is 31.7 Å². The van der Waals surface area contributed by atoms with E-state index in [1.165, 1.54) is 0 Å². The number of ether oxygens (including phenoxy) is 1. The molecular weight excluding hydrogens is 230 g/mol. The molecular formula is C13H25N3O2. The second-order valence-electron chi connectivity index (χ2n) is 5.49. The summed E-state index contributed by atoms with van der Waals surface area (Å²) in [4.78, 5) is 14.2. The number of carbonyl (C=O) groups excluding carboxylic acids is 1. The minimum Gasteiger partial charge on any atom is -0.379 e. The minimum atomic E-state index is -0.110. The van der Waals surface area contributed by atoms with Gasteiger partial charge in [-0.1, -0.05) is 0 Å². The molecule has 0 spiro atoms. The summed E-state index contributed by atoms with van der Waals surface area (Å²) in [6.07, 6.45) is 2.28. The molecule has 0 aromatic carbocycles. The zero-order valence-electron chi connectivity index (χ0n) is 11.4. The molecule has 1 saturated carbocycles. The fourth-order valence-electron chi connectivity index (χ4n) is 2.28. The van der Waals surface area contributed by atoms with Gasteiger partial charge in [-0.2, -0.15) is 0 Å². The molecule has 2 unspecified atom stereocenters. The van der Waals surface area contributed by atoms with E-state index in [4.69, 9.17) is 4.74 Å². The highest BCUT2D eigenvalue weighted by Crippen LogP contribution is 2.18. The number of nitrogens with zero attached hydrogens (tertiary/aromatic N) is 1. The lowest BCUT2D eigenvalue weighted by molar-refractivity contribution is -0.123. The van der Waals surface area contributed by atoms with Crippen molar-refractivity contribution in [1.29, 1.82) is 0 Å². The Hall–Kier alpha value is -0.650. The lowest BCUT2D eigenvalue weighted by Gasteiger charge is -2.30. The topological polar surface area (TPSA) is 53.6 Å². The Morgan fingerprint density at radius 3 is 2.61 bits per heavy atom. The highest BCUT2D eigenvalue weighted by atomic mass is 16.5. The first-order chi connectivity index (χ1) is 8.65. The molecule has 0 aromatic heterocycles. The first kappa shape index (κ1) is 13.8. The average molecular weight is 255 g/mol. The van der Waals surface area contributed by atoms with Crippen molar-refractivity contribution in [2.45, 2.75) is 44.8 Å². The van der Waals surface area contributed by atoms with E-state index in [0.717, 1.165) is 45.7 Å². The SMILES string of the molecule is CC(CN1CCOCC1)NC(C)C(=O)NC1CC1. The summed E-state index contributed by atoms with van der Waals surface area (Å²) in [6.45, 7) is 8.69. The first-order valence-corrected chi connectivity index (χ1v) is 7.01. The van der Waals surface area contributed by atoms with Gasteiger partial charge in [0.2, 0.25) is 5.91 Å². The van der Waals surface area contributed by atoms with Crippen molar-refractivity contribution in [3.63, 3.8) is 0 Å². The minimum absolute atomic E-state index is 0.110. The van der Waals surface area contributed by atoms with Crippen LogP contribution in [0.3, 0.4) is 0 Å². The lowest BCUT2D eigenvalue weighted by Crippen LogP contribution is -2.51. The third-order valence-electron chi connectivity index (χ3n) is 3.49. The van der Waals surface area contributed by atoms with Crippen LogP contribution in [0.5, 0.6) is 0 Å². The van der Waals surface area contributed by atoms with Crippen LogP contribution in [0.4, 0.5) is 0 Å². The molecule has 2 aliphatic rings. The van der Waals surface area contributed by atoms with Gasteiger partial charge in [0.05, 0.1) is 19.3 Å². The average Bonchev–Trinajstić information content (AvgIpc) is 3.14. The van der Waals surface area contributed by atoms with E-state index in [0.29, 0.717) is 12.1 Å². The fraction of sp³-hybridized carbons (Fsp3) is 0.923. The highest BCUT2D eigenvalue weighted by molar-refractivity contribution is 5.81. The van der Waals surface area contributed by atoms with Crippen LogP contribution >= 0.6 is 0 Å². The Kier molecular flexibility index (Phi) is 4.97. The van der Waals surface area contributed by atoms with E-state index in [-0.39, 0.29) is 11.9 Å². The van der Waals surface area contributed by atoms with Gasteiger partial charge in [-0.25, -0.2) is 0 Å². The van der Waals surface area contributed by atoms with Crippen LogP contribution in [-0.2, 0) is 9.53 Å². The summed E-state index contributed by atoms with van der Waals surface area (Å²) in [7, 11) is 0. The molecule has 104 valence electrons. The normalized spacial score (nSPS) is 24.6. The first-order valence-electron chi connectivity index (χ1n) is 7.01. The van der Waals surface area contributed by atoms with Gasteiger partial charge < -0.3 is 15.4 Å². The fourth-order valence-corrected chi connectivity index (χ4v) is 2.28. The predicted octanol–water partition coefficient (Wildman–Crippen LogP) is -0.0362. The Bertz CT molecular complexity index is 275. The third kappa shape index (κ3) is 4.55. The lowest BCUT2D eigenvalue weighted by atomic mass is 10.2. The van der Waals surface area contributed by atoms with Gasteiger partial charge in [0.25, 0.3) is 0 Å². The van der Waals surface area contributed by atoms with Crippen LogP contribution in [-0.4, -0.2) is 61.8 Å². The number of amides is 1. The summed E-state index contributed by atoms with van der Waals surface area (Å²) < 4.78 is 5.33. The quantitative estimate of drug-likeness (QED) is 0.699. The van der Waals surface area contributed by atoms with Gasteiger partial charge in [0.1, 0.15) is 0 Å². The maximum Gasteiger partial charge on any atom is 0.237 e. The molecule has 5 heteroatoms. The standard InChI is InChI=1S/C13H25N3O2/c1-10(9-16-5-7-18-8-6-16)14-11(2)13(17)15-12-3-4-12/h10-12,14H,3-9H2,1-2H3,(H,15,17).